The van der Waals surface area contributed by atoms with E-state index in [2.05, 4.69) is 6.92 Å². The summed E-state index contributed by atoms with van der Waals surface area (Å²) in [6.07, 6.45) is 2.75. The van der Waals surface area contributed by atoms with Crippen molar-refractivity contribution in [2.45, 2.75) is 33.1 Å². The summed E-state index contributed by atoms with van der Waals surface area (Å²) >= 11 is 0. The van der Waals surface area contributed by atoms with Gasteiger partial charge in [0, 0.05) is 5.92 Å². The van der Waals surface area contributed by atoms with E-state index < -0.39 is 0 Å². The third kappa shape index (κ3) is 3.74. The Bertz CT molecular complexity index is 314. The van der Waals surface area contributed by atoms with Gasteiger partial charge in [-0.1, -0.05) is 25.5 Å². The van der Waals surface area contributed by atoms with Crippen LogP contribution in [0.4, 0.5) is 0 Å². The normalized spacial score (nSPS) is 12.4. The van der Waals surface area contributed by atoms with Crippen molar-refractivity contribution in [1.29, 1.82) is 0 Å². The second-order valence-electron chi connectivity index (χ2n) is 3.97. The summed E-state index contributed by atoms with van der Waals surface area (Å²) in [6, 6.07) is 7.08. The molecule has 82 valence electrons. The van der Waals surface area contributed by atoms with E-state index in [1.54, 1.807) is 19.1 Å². The lowest BCUT2D eigenvalue weighted by molar-refractivity contribution is -0.120. The van der Waals surface area contributed by atoms with E-state index in [-0.39, 0.29) is 17.5 Å². The largest absolute Gasteiger partial charge is 0.508 e. The number of hydrogen-bond acceptors (Lipinski definition) is 2. The Morgan fingerprint density at radius 2 is 1.93 bits per heavy atom. The van der Waals surface area contributed by atoms with Crippen LogP contribution in [0.15, 0.2) is 24.3 Å². The van der Waals surface area contributed by atoms with Gasteiger partial charge in [0.05, 0.1) is 0 Å². The van der Waals surface area contributed by atoms with Gasteiger partial charge in [0.2, 0.25) is 0 Å². The molecule has 0 bridgehead atoms. The highest BCUT2D eigenvalue weighted by Crippen LogP contribution is 2.17. The SMILES string of the molecule is CCC[C@@H](Cc1ccc(O)cc1)C(C)=O. The first-order chi connectivity index (χ1) is 7.13. The molecule has 0 aromatic heterocycles. The molecule has 0 aliphatic heterocycles. The summed E-state index contributed by atoms with van der Waals surface area (Å²) in [6.45, 7) is 3.74. The molecule has 0 saturated heterocycles. The molecular formula is C13H18O2. The molecule has 1 rings (SSSR count). The molecule has 2 heteroatoms. The molecule has 0 radical (unpaired) electrons. The molecule has 0 aliphatic carbocycles. The number of Topliss-reactive ketones (excluding diaryl/α,β-unsaturated/α-hetero) is 1. The zero-order valence-electron chi connectivity index (χ0n) is 9.36. The Balaban J connectivity index is 2.65. The monoisotopic (exact) mass is 206 g/mol. The van der Waals surface area contributed by atoms with Crippen LogP contribution in [0.25, 0.3) is 0 Å². The van der Waals surface area contributed by atoms with Crippen LogP contribution in [0.3, 0.4) is 0 Å². The predicted molar refractivity (Wildman–Crippen MR) is 60.9 cm³/mol. The van der Waals surface area contributed by atoms with Crippen molar-refractivity contribution in [3.63, 3.8) is 0 Å². The molecule has 0 heterocycles. The van der Waals surface area contributed by atoms with E-state index in [1.165, 1.54) is 0 Å². The summed E-state index contributed by atoms with van der Waals surface area (Å²) in [7, 11) is 0. The van der Waals surface area contributed by atoms with Crippen LogP contribution in [0.5, 0.6) is 5.75 Å². The van der Waals surface area contributed by atoms with Gasteiger partial charge in [-0.05, 0) is 37.5 Å². The summed E-state index contributed by atoms with van der Waals surface area (Å²) in [5.41, 5.74) is 1.11. The molecule has 1 aromatic carbocycles. The smallest absolute Gasteiger partial charge is 0.133 e. The maximum absolute atomic E-state index is 11.4. The first kappa shape index (κ1) is 11.8. The Hall–Kier alpha value is -1.31. The second-order valence-corrected chi connectivity index (χ2v) is 3.97. The van der Waals surface area contributed by atoms with E-state index in [0.29, 0.717) is 0 Å². The third-order valence-corrected chi connectivity index (χ3v) is 2.63. The third-order valence-electron chi connectivity index (χ3n) is 2.63. The molecule has 1 N–H and O–H groups in total. The Labute approximate surface area is 90.9 Å². The molecule has 15 heavy (non-hydrogen) atoms. The quantitative estimate of drug-likeness (QED) is 0.804. The summed E-state index contributed by atoms with van der Waals surface area (Å²) in [5, 5.41) is 9.14. The van der Waals surface area contributed by atoms with Crippen molar-refractivity contribution in [3.05, 3.63) is 29.8 Å². The predicted octanol–water partition coefficient (Wildman–Crippen LogP) is 2.94. The number of benzene rings is 1. The highest BCUT2D eigenvalue weighted by atomic mass is 16.3. The van der Waals surface area contributed by atoms with Crippen molar-refractivity contribution in [3.8, 4) is 5.75 Å². The van der Waals surface area contributed by atoms with Crippen LogP contribution < -0.4 is 0 Å². The van der Waals surface area contributed by atoms with E-state index >= 15 is 0 Å². The van der Waals surface area contributed by atoms with E-state index in [1.807, 2.05) is 12.1 Å². The zero-order valence-corrected chi connectivity index (χ0v) is 9.36. The van der Waals surface area contributed by atoms with Gasteiger partial charge in [-0.25, -0.2) is 0 Å². The van der Waals surface area contributed by atoms with E-state index in [4.69, 9.17) is 5.11 Å². The molecule has 0 spiro atoms. The second kappa shape index (κ2) is 5.54. The summed E-state index contributed by atoms with van der Waals surface area (Å²) < 4.78 is 0. The molecule has 2 nitrogen and oxygen atoms in total. The molecule has 0 amide bonds. The van der Waals surface area contributed by atoms with E-state index in [9.17, 15) is 4.79 Å². The average Bonchev–Trinajstić information content (AvgIpc) is 2.20. The zero-order chi connectivity index (χ0) is 11.3. The van der Waals surface area contributed by atoms with Gasteiger partial charge in [0.15, 0.2) is 0 Å². The maximum atomic E-state index is 11.4. The van der Waals surface area contributed by atoms with Gasteiger partial charge in [-0.15, -0.1) is 0 Å². The highest BCUT2D eigenvalue weighted by molar-refractivity contribution is 5.78. The number of aromatic hydroxyl groups is 1. The Morgan fingerprint density at radius 3 is 2.40 bits per heavy atom. The van der Waals surface area contributed by atoms with Crippen LogP contribution in [-0.4, -0.2) is 10.9 Å². The van der Waals surface area contributed by atoms with Crippen LogP contribution in [-0.2, 0) is 11.2 Å². The Kier molecular flexibility index (Phi) is 4.35. The fraction of sp³-hybridized carbons (Fsp3) is 0.462. The fourth-order valence-corrected chi connectivity index (χ4v) is 1.71. The van der Waals surface area contributed by atoms with E-state index in [0.717, 1.165) is 24.8 Å². The first-order valence-electron chi connectivity index (χ1n) is 5.41. The van der Waals surface area contributed by atoms with Crippen molar-refractivity contribution in [2.75, 3.05) is 0 Å². The molecule has 0 unspecified atom stereocenters. The van der Waals surface area contributed by atoms with Crippen molar-refractivity contribution in [2.24, 2.45) is 5.92 Å². The molecular weight excluding hydrogens is 188 g/mol. The van der Waals surface area contributed by atoms with Crippen molar-refractivity contribution >= 4 is 5.78 Å². The molecule has 1 aromatic rings. The summed E-state index contributed by atoms with van der Waals surface area (Å²) in [4.78, 5) is 11.4. The lowest BCUT2D eigenvalue weighted by atomic mass is 9.92. The highest BCUT2D eigenvalue weighted by Gasteiger charge is 2.13. The van der Waals surface area contributed by atoms with Gasteiger partial charge in [0.1, 0.15) is 11.5 Å². The van der Waals surface area contributed by atoms with Crippen molar-refractivity contribution < 1.29 is 9.90 Å². The van der Waals surface area contributed by atoms with Gasteiger partial charge in [-0.3, -0.25) is 4.79 Å². The molecule has 1 atom stereocenters. The van der Waals surface area contributed by atoms with Crippen LogP contribution >= 0.6 is 0 Å². The maximum Gasteiger partial charge on any atom is 0.133 e. The number of ketones is 1. The van der Waals surface area contributed by atoms with Crippen LogP contribution in [0, 0.1) is 5.92 Å². The van der Waals surface area contributed by atoms with Crippen LogP contribution in [0.2, 0.25) is 0 Å². The standard InChI is InChI=1S/C13H18O2/c1-3-4-12(10(2)14)9-11-5-7-13(15)8-6-11/h5-8,12,15H,3-4,9H2,1-2H3/t12-/m0/s1. The number of carbonyl (C=O) groups excluding carboxylic acids is 1. The molecule has 0 aliphatic rings. The topological polar surface area (TPSA) is 37.3 Å². The number of hydrogen-bond donors (Lipinski definition) is 1. The fourth-order valence-electron chi connectivity index (χ4n) is 1.71. The van der Waals surface area contributed by atoms with Gasteiger partial charge in [0.25, 0.3) is 0 Å². The lowest BCUT2D eigenvalue weighted by Crippen LogP contribution is -2.13. The molecule has 0 fully saturated rings. The van der Waals surface area contributed by atoms with Gasteiger partial charge >= 0.3 is 0 Å². The number of rotatable bonds is 5. The summed E-state index contributed by atoms with van der Waals surface area (Å²) in [5.74, 6) is 0.651. The Morgan fingerprint density at radius 1 is 1.33 bits per heavy atom. The average molecular weight is 206 g/mol. The number of phenols is 1. The van der Waals surface area contributed by atoms with Gasteiger partial charge < -0.3 is 5.11 Å². The minimum Gasteiger partial charge on any atom is -0.508 e. The minimum absolute atomic E-state index is 0.125. The van der Waals surface area contributed by atoms with Crippen molar-refractivity contribution in [1.82, 2.24) is 0 Å². The van der Waals surface area contributed by atoms with Crippen LogP contribution in [0.1, 0.15) is 32.3 Å². The van der Waals surface area contributed by atoms with Gasteiger partial charge in [-0.2, -0.15) is 0 Å². The number of phenolic OH excluding ortho intramolecular Hbond substituents is 1. The molecule has 0 saturated carbocycles. The minimum atomic E-state index is 0.125. The first-order valence-corrected chi connectivity index (χ1v) is 5.41. The number of carbonyl (C=O) groups is 1. The lowest BCUT2D eigenvalue weighted by Gasteiger charge is -2.12.